The number of nitrogens with zero attached hydrogens (tertiary/aromatic N) is 1. The lowest BCUT2D eigenvalue weighted by molar-refractivity contribution is -0.384. The monoisotopic (exact) mass is 348 g/mol. The zero-order valence-electron chi connectivity index (χ0n) is 15.5. The van der Waals surface area contributed by atoms with Gasteiger partial charge in [0.05, 0.1) is 4.92 Å². The van der Waals surface area contributed by atoms with Gasteiger partial charge < -0.3 is 10.1 Å². The number of ether oxygens (including phenoxy) is 1. The van der Waals surface area contributed by atoms with Crippen LogP contribution in [0.3, 0.4) is 0 Å². The fourth-order valence-electron chi connectivity index (χ4n) is 3.33. The number of nitrogens with one attached hydrogen (secondary N) is 1. The molecule has 6 nitrogen and oxygen atoms in total. The summed E-state index contributed by atoms with van der Waals surface area (Å²) in [5.74, 6) is 1.01. The Morgan fingerprint density at radius 1 is 1.20 bits per heavy atom. The summed E-state index contributed by atoms with van der Waals surface area (Å²) < 4.78 is 5.59. The van der Waals surface area contributed by atoms with Gasteiger partial charge in [-0.25, -0.2) is 0 Å². The van der Waals surface area contributed by atoms with Crippen molar-refractivity contribution in [2.45, 2.75) is 65.5 Å². The van der Waals surface area contributed by atoms with Gasteiger partial charge in [-0.1, -0.05) is 20.8 Å². The van der Waals surface area contributed by atoms with E-state index < -0.39 is 11.0 Å². The molecule has 1 saturated carbocycles. The number of benzene rings is 1. The molecule has 1 aromatic carbocycles. The molecule has 1 fully saturated rings. The summed E-state index contributed by atoms with van der Waals surface area (Å²) in [5.41, 5.74) is 0.321. The van der Waals surface area contributed by atoms with E-state index in [1.807, 2.05) is 0 Å². The van der Waals surface area contributed by atoms with Gasteiger partial charge in [0.2, 0.25) is 0 Å². The van der Waals surface area contributed by atoms with E-state index in [0.717, 1.165) is 25.7 Å². The van der Waals surface area contributed by atoms with Gasteiger partial charge in [0.25, 0.3) is 11.6 Å². The van der Waals surface area contributed by atoms with Crippen molar-refractivity contribution in [3.05, 3.63) is 34.4 Å². The van der Waals surface area contributed by atoms with Crippen molar-refractivity contribution in [3.8, 4) is 5.75 Å². The number of nitro benzene ring substituents is 1. The van der Waals surface area contributed by atoms with E-state index in [0.29, 0.717) is 17.1 Å². The van der Waals surface area contributed by atoms with Crippen molar-refractivity contribution in [2.24, 2.45) is 11.3 Å². The second kappa shape index (κ2) is 7.85. The van der Waals surface area contributed by atoms with Crippen LogP contribution in [0.2, 0.25) is 0 Å². The minimum absolute atomic E-state index is 0.0000581. The van der Waals surface area contributed by atoms with Crippen molar-refractivity contribution in [1.82, 2.24) is 5.32 Å². The first kappa shape index (κ1) is 19.2. The molecule has 6 heteroatoms. The Labute approximate surface area is 149 Å². The van der Waals surface area contributed by atoms with Gasteiger partial charge in [-0.15, -0.1) is 0 Å². The molecule has 0 saturated heterocycles. The van der Waals surface area contributed by atoms with E-state index in [1.54, 1.807) is 6.92 Å². The van der Waals surface area contributed by atoms with Gasteiger partial charge in [-0.3, -0.25) is 14.9 Å². The van der Waals surface area contributed by atoms with Crippen LogP contribution in [0.5, 0.6) is 5.75 Å². The van der Waals surface area contributed by atoms with Crippen molar-refractivity contribution >= 4 is 11.6 Å². The summed E-state index contributed by atoms with van der Waals surface area (Å²) in [4.78, 5) is 22.5. The molecule has 1 unspecified atom stereocenters. The van der Waals surface area contributed by atoms with Crippen LogP contribution in [0.15, 0.2) is 24.3 Å². The standard InChI is InChI=1S/C19H28N2O4/c1-13(25-17-11-9-16(10-12-17)21(23)24)18(22)20-15-7-5-14(6-8-15)19(2,3)4/h9-15H,5-8H2,1-4H3,(H,20,22). The molecule has 0 radical (unpaired) electrons. The molecular formula is C19H28N2O4. The van der Waals surface area contributed by atoms with Crippen LogP contribution in [-0.4, -0.2) is 23.0 Å². The van der Waals surface area contributed by atoms with E-state index in [-0.39, 0.29) is 17.6 Å². The Morgan fingerprint density at radius 3 is 2.24 bits per heavy atom. The molecule has 0 aromatic heterocycles. The van der Waals surface area contributed by atoms with Crippen LogP contribution in [0.25, 0.3) is 0 Å². The summed E-state index contributed by atoms with van der Waals surface area (Å²) >= 11 is 0. The maximum atomic E-state index is 12.3. The molecule has 0 heterocycles. The number of nitro groups is 1. The molecule has 0 bridgehead atoms. The zero-order valence-corrected chi connectivity index (χ0v) is 15.5. The van der Waals surface area contributed by atoms with E-state index in [1.165, 1.54) is 24.3 Å². The maximum Gasteiger partial charge on any atom is 0.269 e. The first-order chi connectivity index (χ1) is 11.7. The Bertz CT molecular complexity index is 599. The zero-order chi connectivity index (χ0) is 18.6. The molecule has 25 heavy (non-hydrogen) atoms. The Balaban J connectivity index is 1.81. The molecular weight excluding hydrogens is 320 g/mol. The number of hydrogen-bond acceptors (Lipinski definition) is 4. The highest BCUT2D eigenvalue weighted by Crippen LogP contribution is 2.37. The predicted molar refractivity (Wildman–Crippen MR) is 96.5 cm³/mol. The summed E-state index contributed by atoms with van der Waals surface area (Å²) in [5, 5.41) is 13.7. The van der Waals surface area contributed by atoms with Crippen LogP contribution in [0, 0.1) is 21.4 Å². The molecule has 1 aromatic rings. The van der Waals surface area contributed by atoms with Crippen LogP contribution in [0.4, 0.5) is 5.69 Å². The Hall–Kier alpha value is -2.11. The molecule has 0 spiro atoms. The van der Waals surface area contributed by atoms with Gasteiger partial charge in [0.1, 0.15) is 5.75 Å². The highest BCUT2D eigenvalue weighted by molar-refractivity contribution is 5.81. The number of rotatable bonds is 5. The summed E-state index contributed by atoms with van der Waals surface area (Å²) in [6, 6.07) is 5.96. The molecule has 1 N–H and O–H groups in total. The quantitative estimate of drug-likeness (QED) is 0.642. The number of hydrogen-bond donors (Lipinski definition) is 1. The SMILES string of the molecule is CC(Oc1ccc([N+](=O)[O-])cc1)C(=O)NC1CCC(C(C)(C)C)CC1. The van der Waals surface area contributed by atoms with E-state index in [9.17, 15) is 14.9 Å². The largest absolute Gasteiger partial charge is 0.481 e. The Kier molecular flexibility index (Phi) is 6.03. The third-order valence-corrected chi connectivity index (χ3v) is 5.03. The lowest BCUT2D eigenvalue weighted by Gasteiger charge is -2.37. The van der Waals surface area contributed by atoms with Gasteiger partial charge in [0.15, 0.2) is 6.10 Å². The molecule has 138 valence electrons. The fraction of sp³-hybridized carbons (Fsp3) is 0.632. The first-order valence-corrected chi connectivity index (χ1v) is 8.88. The minimum Gasteiger partial charge on any atom is -0.481 e. The van der Waals surface area contributed by atoms with Crippen LogP contribution >= 0.6 is 0 Å². The third-order valence-electron chi connectivity index (χ3n) is 5.03. The van der Waals surface area contributed by atoms with E-state index >= 15 is 0 Å². The number of amides is 1. The molecule has 2 rings (SSSR count). The van der Waals surface area contributed by atoms with Crippen molar-refractivity contribution in [1.29, 1.82) is 0 Å². The highest BCUT2D eigenvalue weighted by atomic mass is 16.6. The maximum absolute atomic E-state index is 12.3. The number of carbonyl (C=O) groups is 1. The number of non-ortho nitro benzene ring substituents is 1. The van der Waals surface area contributed by atoms with Crippen molar-refractivity contribution in [2.75, 3.05) is 0 Å². The summed E-state index contributed by atoms with van der Waals surface area (Å²) in [6.45, 7) is 8.52. The van der Waals surface area contributed by atoms with Gasteiger partial charge >= 0.3 is 0 Å². The van der Waals surface area contributed by atoms with Crippen molar-refractivity contribution in [3.63, 3.8) is 0 Å². The van der Waals surface area contributed by atoms with E-state index in [2.05, 4.69) is 26.1 Å². The normalized spacial score (nSPS) is 22.1. The molecule has 1 amide bonds. The van der Waals surface area contributed by atoms with Crippen LogP contribution in [0.1, 0.15) is 53.4 Å². The summed E-state index contributed by atoms with van der Waals surface area (Å²) in [6.07, 6.45) is 3.62. The number of carbonyl (C=O) groups excluding carboxylic acids is 1. The van der Waals surface area contributed by atoms with Crippen LogP contribution in [-0.2, 0) is 4.79 Å². The molecule has 1 aliphatic rings. The first-order valence-electron chi connectivity index (χ1n) is 8.88. The van der Waals surface area contributed by atoms with Crippen molar-refractivity contribution < 1.29 is 14.5 Å². The molecule has 1 atom stereocenters. The fourth-order valence-corrected chi connectivity index (χ4v) is 3.33. The van der Waals surface area contributed by atoms with Gasteiger partial charge in [0, 0.05) is 18.2 Å². The topological polar surface area (TPSA) is 81.5 Å². The highest BCUT2D eigenvalue weighted by Gasteiger charge is 2.30. The third kappa shape index (κ3) is 5.44. The smallest absolute Gasteiger partial charge is 0.269 e. The minimum atomic E-state index is -0.637. The average Bonchev–Trinajstić information content (AvgIpc) is 2.55. The predicted octanol–water partition coefficient (Wildman–Crippen LogP) is 4.08. The lowest BCUT2D eigenvalue weighted by Crippen LogP contribution is -2.44. The van der Waals surface area contributed by atoms with Crippen LogP contribution < -0.4 is 10.1 Å². The molecule has 0 aliphatic heterocycles. The van der Waals surface area contributed by atoms with E-state index in [4.69, 9.17) is 4.74 Å². The van der Waals surface area contributed by atoms with Gasteiger partial charge in [-0.2, -0.15) is 0 Å². The second-order valence-electron chi connectivity index (χ2n) is 7.93. The lowest BCUT2D eigenvalue weighted by atomic mass is 9.71. The summed E-state index contributed by atoms with van der Waals surface area (Å²) in [7, 11) is 0. The second-order valence-corrected chi connectivity index (χ2v) is 7.93. The Morgan fingerprint density at radius 2 is 1.76 bits per heavy atom. The van der Waals surface area contributed by atoms with Gasteiger partial charge in [-0.05, 0) is 56.1 Å². The average molecular weight is 348 g/mol. The molecule has 1 aliphatic carbocycles.